The van der Waals surface area contributed by atoms with Gasteiger partial charge in [0.1, 0.15) is 29.0 Å². The number of pyridine rings is 1. The average molecular weight is 663 g/mol. The largest absolute Gasteiger partial charge is 0.462 e. The highest BCUT2D eigenvalue weighted by molar-refractivity contribution is 7.23. The number of ether oxygens (including phenoxy) is 2. The van der Waals surface area contributed by atoms with Crippen LogP contribution in [0, 0.1) is 23.0 Å². The molecule has 0 aliphatic carbocycles. The first-order chi connectivity index (χ1) is 22.9. The molecule has 4 aromatic rings. The molecule has 11 nitrogen and oxygen atoms in total. The van der Waals surface area contributed by atoms with Crippen LogP contribution in [-0.4, -0.2) is 94.4 Å². The predicted octanol–water partition coefficient (Wildman–Crippen LogP) is 4.18. The number of aliphatic hydroxyl groups is 1. The van der Waals surface area contributed by atoms with Gasteiger partial charge in [0.05, 0.1) is 40.8 Å². The fourth-order valence-electron chi connectivity index (χ4n) is 8.05. The molecule has 3 saturated heterocycles. The second-order valence-electron chi connectivity index (χ2n) is 13.0. The zero-order valence-corrected chi connectivity index (χ0v) is 27.0. The van der Waals surface area contributed by atoms with Crippen LogP contribution in [0.3, 0.4) is 0 Å². The molecule has 4 aliphatic heterocycles. The Morgan fingerprint density at radius 3 is 2.66 bits per heavy atom. The molecule has 0 spiro atoms. The number of nitrogens with two attached hydrogens (primary N) is 1. The Hall–Kier alpha value is -3.74. The number of aliphatic hydroxyl groups excluding tert-OH is 1. The summed E-state index contributed by atoms with van der Waals surface area (Å²) in [5.74, 6) is -0.624. The zero-order chi connectivity index (χ0) is 32.4. The molecule has 246 valence electrons. The van der Waals surface area contributed by atoms with Gasteiger partial charge in [-0.05, 0) is 56.8 Å². The summed E-state index contributed by atoms with van der Waals surface area (Å²) in [6, 6.07) is 2.70. The molecule has 0 saturated carbocycles. The summed E-state index contributed by atoms with van der Waals surface area (Å²) in [5, 5.41) is 20.3. The lowest BCUT2D eigenvalue weighted by Crippen LogP contribution is -2.54. The summed E-state index contributed by atoms with van der Waals surface area (Å²) in [4.78, 5) is 21.1. The molecule has 1 aromatic carbocycles. The number of halogens is 2. The lowest BCUT2D eigenvalue weighted by Gasteiger charge is -2.42. The van der Waals surface area contributed by atoms with Crippen LogP contribution in [0.4, 0.5) is 19.6 Å². The van der Waals surface area contributed by atoms with Crippen molar-refractivity contribution in [2.24, 2.45) is 0 Å². The highest BCUT2D eigenvalue weighted by Crippen LogP contribution is 2.48. The van der Waals surface area contributed by atoms with Gasteiger partial charge in [-0.25, -0.2) is 8.78 Å². The van der Waals surface area contributed by atoms with Crippen LogP contribution < -0.4 is 15.4 Å². The molecule has 4 aliphatic rings. The number of rotatable bonds is 8. The molecule has 14 heteroatoms. The van der Waals surface area contributed by atoms with Crippen LogP contribution in [0.1, 0.15) is 48.8 Å². The number of likely N-dealkylation sites (tertiary alicyclic amines) is 2. The third kappa shape index (κ3) is 4.98. The van der Waals surface area contributed by atoms with Crippen molar-refractivity contribution in [3.8, 4) is 23.3 Å². The van der Waals surface area contributed by atoms with Gasteiger partial charge in [0.15, 0.2) is 11.6 Å². The van der Waals surface area contributed by atoms with Crippen LogP contribution in [0.25, 0.3) is 32.2 Å². The Labute approximate surface area is 274 Å². The summed E-state index contributed by atoms with van der Waals surface area (Å²) < 4.78 is 44.7. The number of fused-ring (bicyclic) bond motifs is 6. The lowest BCUT2D eigenvalue weighted by molar-refractivity contribution is 0.135. The van der Waals surface area contributed by atoms with E-state index in [1.807, 2.05) is 0 Å². The number of thiophene rings is 1. The van der Waals surface area contributed by atoms with Gasteiger partial charge in [0.2, 0.25) is 0 Å². The van der Waals surface area contributed by atoms with Gasteiger partial charge in [0.25, 0.3) is 0 Å². The Morgan fingerprint density at radius 1 is 1.15 bits per heavy atom. The van der Waals surface area contributed by atoms with Crippen molar-refractivity contribution in [2.45, 2.75) is 63.4 Å². The van der Waals surface area contributed by atoms with Gasteiger partial charge in [-0.15, -0.1) is 11.3 Å². The van der Waals surface area contributed by atoms with Gasteiger partial charge in [-0.3, -0.25) is 9.88 Å². The highest BCUT2D eigenvalue weighted by Gasteiger charge is 2.43. The molecule has 0 amide bonds. The fraction of sp³-hybridized carbons (Fsp3) is 0.515. The Kier molecular flexibility index (Phi) is 7.84. The molecular formula is C33H36F2N8O3S. The first kappa shape index (κ1) is 30.6. The van der Waals surface area contributed by atoms with Crippen LogP contribution in [0.15, 0.2) is 6.20 Å². The summed E-state index contributed by atoms with van der Waals surface area (Å²) >= 11 is 0.949. The molecule has 2 unspecified atom stereocenters. The number of nitriles is 1. The van der Waals surface area contributed by atoms with Crippen molar-refractivity contribution in [1.82, 2.24) is 24.8 Å². The van der Waals surface area contributed by atoms with Crippen LogP contribution in [0.5, 0.6) is 6.01 Å². The molecule has 0 radical (unpaired) electrons. The minimum Gasteiger partial charge on any atom is -0.462 e. The Balaban J connectivity index is 1.33. The van der Waals surface area contributed by atoms with E-state index in [0.29, 0.717) is 23.4 Å². The number of hydrogen-bond acceptors (Lipinski definition) is 12. The molecule has 2 bridgehead atoms. The minimum atomic E-state index is -0.640. The number of aromatic nitrogens is 3. The standard InChI is InChI=1S/C33H36F2N8O3S/c1-41-7-2-4-19(41)14-46-33-39-29-26(32(40-33)43-17-5-6-18(43)13-42(12-17)8-3-9-44)22-16-45-15-21(22)24(27(29)35)28-25-20(10-36)31(37)47-30(25)23(34)11-38-28/h11,17-19,44H,2-9,12-16,37H2,1H3/t17?,18?,19-/m0/s1. The van der Waals surface area contributed by atoms with Gasteiger partial charge in [0, 0.05) is 55.3 Å². The second kappa shape index (κ2) is 12.1. The molecule has 8 rings (SSSR count). The number of piperazine rings is 1. The quantitative estimate of drug-likeness (QED) is 0.281. The third-order valence-corrected chi connectivity index (χ3v) is 11.3. The van der Waals surface area contributed by atoms with E-state index in [1.54, 1.807) is 0 Å². The molecule has 7 heterocycles. The summed E-state index contributed by atoms with van der Waals surface area (Å²) in [5.41, 5.74) is 7.91. The maximum absolute atomic E-state index is 17.3. The second-order valence-corrected chi connectivity index (χ2v) is 14.1. The average Bonchev–Trinajstić information content (AvgIpc) is 3.85. The van der Waals surface area contributed by atoms with Crippen molar-refractivity contribution in [3.05, 3.63) is 34.5 Å². The first-order valence-electron chi connectivity index (χ1n) is 16.2. The third-order valence-electron chi connectivity index (χ3n) is 10.3. The van der Waals surface area contributed by atoms with Crippen molar-refractivity contribution >= 4 is 43.1 Å². The number of anilines is 2. The van der Waals surface area contributed by atoms with E-state index in [9.17, 15) is 14.8 Å². The van der Waals surface area contributed by atoms with Crippen molar-refractivity contribution < 1.29 is 23.4 Å². The molecular weight excluding hydrogens is 626 g/mol. The zero-order valence-electron chi connectivity index (χ0n) is 26.1. The Bertz CT molecular complexity index is 1920. The summed E-state index contributed by atoms with van der Waals surface area (Å²) in [6.07, 6.45) is 5.80. The topological polar surface area (TPSA) is 137 Å². The van der Waals surface area contributed by atoms with E-state index < -0.39 is 11.6 Å². The van der Waals surface area contributed by atoms with E-state index in [-0.39, 0.29) is 81.4 Å². The highest BCUT2D eigenvalue weighted by atomic mass is 32.1. The van der Waals surface area contributed by atoms with Gasteiger partial charge in [-0.1, -0.05) is 0 Å². The van der Waals surface area contributed by atoms with Crippen LogP contribution >= 0.6 is 11.3 Å². The number of hydrogen-bond donors (Lipinski definition) is 2. The Morgan fingerprint density at radius 2 is 1.94 bits per heavy atom. The molecule has 3 atom stereocenters. The van der Waals surface area contributed by atoms with Gasteiger partial charge in [-0.2, -0.15) is 15.2 Å². The lowest BCUT2D eigenvalue weighted by atomic mass is 9.93. The van der Waals surface area contributed by atoms with Crippen LogP contribution in [0.2, 0.25) is 0 Å². The summed E-state index contributed by atoms with van der Waals surface area (Å²) in [6.45, 7) is 4.32. The summed E-state index contributed by atoms with van der Waals surface area (Å²) in [7, 11) is 2.07. The predicted molar refractivity (Wildman–Crippen MR) is 174 cm³/mol. The van der Waals surface area contributed by atoms with E-state index in [0.717, 1.165) is 81.4 Å². The van der Waals surface area contributed by atoms with Crippen molar-refractivity contribution in [1.29, 1.82) is 5.26 Å². The van der Waals surface area contributed by atoms with E-state index in [2.05, 4.69) is 32.8 Å². The molecule has 3 fully saturated rings. The van der Waals surface area contributed by atoms with Gasteiger partial charge < -0.3 is 30.1 Å². The molecule has 47 heavy (non-hydrogen) atoms. The van der Waals surface area contributed by atoms with E-state index >= 15 is 4.39 Å². The molecule has 3 aromatic heterocycles. The monoisotopic (exact) mass is 662 g/mol. The van der Waals surface area contributed by atoms with Crippen LogP contribution in [-0.2, 0) is 18.0 Å². The first-order valence-corrected chi connectivity index (χ1v) is 17.0. The number of nitrogens with zero attached hydrogens (tertiary/aromatic N) is 7. The van der Waals surface area contributed by atoms with Gasteiger partial charge >= 0.3 is 6.01 Å². The fourth-order valence-corrected chi connectivity index (χ4v) is 8.97. The van der Waals surface area contributed by atoms with E-state index in [1.165, 1.54) is 0 Å². The normalized spacial score (nSPS) is 22.9. The SMILES string of the molecule is CN1CCC[C@H]1COc1nc(N2C3CCC2CN(CCCO)C3)c2c3c(c(-c4ncc(F)c5sc(N)c(C#N)c45)c(F)c2n1)COC3. The van der Waals surface area contributed by atoms with Crippen molar-refractivity contribution in [2.75, 3.05) is 57.1 Å². The number of benzene rings is 1. The maximum Gasteiger partial charge on any atom is 0.319 e. The number of likely N-dealkylation sites (N-methyl/N-ethyl adjacent to an activating group) is 1. The molecule has 3 N–H and O–H groups in total. The maximum atomic E-state index is 17.3. The minimum absolute atomic E-state index is 0.0721. The van der Waals surface area contributed by atoms with E-state index in [4.69, 9.17) is 25.2 Å². The smallest absolute Gasteiger partial charge is 0.319 e. The number of nitrogen functional groups attached to an aromatic ring is 1. The van der Waals surface area contributed by atoms with Crippen molar-refractivity contribution in [3.63, 3.8) is 0 Å².